The standard InChI is InChI=1S/C22H27FN8O2/c1-3-33-21-17(20(32)27-15-8-18(23)19-26-14(2)12-31(19)13-15)11-25-22(28-21)30-6-4-29(5-7-30)16-9-24-10-16/h8,11-13,16,24H,3-7,9-10H2,1-2H3,(H,27,32). The summed E-state index contributed by atoms with van der Waals surface area (Å²) in [6.45, 7) is 9.59. The molecule has 0 spiro atoms. The monoisotopic (exact) mass is 454 g/mol. The lowest BCUT2D eigenvalue weighted by Crippen LogP contribution is -2.61. The Morgan fingerprint density at radius 3 is 2.73 bits per heavy atom. The van der Waals surface area contributed by atoms with Gasteiger partial charge >= 0.3 is 0 Å². The number of imidazole rings is 1. The topological polar surface area (TPSA) is 99.9 Å². The molecule has 2 fully saturated rings. The van der Waals surface area contributed by atoms with Gasteiger partial charge in [-0.25, -0.2) is 14.4 Å². The number of hydrogen-bond donors (Lipinski definition) is 2. The maximum absolute atomic E-state index is 14.4. The van der Waals surface area contributed by atoms with E-state index >= 15 is 0 Å². The Morgan fingerprint density at radius 1 is 1.24 bits per heavy atom. The Bertz CT molecular complexity index is 1170. The van der Waals surface area contributed by atoms with Crippen LogP contribution in [0.2, 0.25) is 0 Å². The first-order valence-corrected chi connectivity index (χ1v) is 11.2. The van der Waals surface area contributed by atoms with Crippen molar-refractivity contribution in [1.82, 2.24) is 29.6 Å². The summed E-state index contributed by atoms with van der Waals surface area (Å²) < 4.78 is 21.6. The van der Waals surface area contributed by atoms with Crippen LogP contribution in [0.1, 0.15) is 23.0 Å². The van der Waals surface area contributed by atoms with E-state index in [4.69, 9.17) is 4.74 Å². The fourth-order valence-corrected chi connectivity index (χ4v) is 4.18. The normalized spacial score (nSPS) is 17.2. The van der Waals surface area contributed by atoms with E-state index in [1.807, 2.05) is 6.92 Å². The molecule has 2 aliphatic rings. The summed E-state index contributed by atoms with van der Waals surface area (Å²) in [5, 5.41) is 6.03. The largest absolute Gasteiger partial charge is 0.477 e. The molecule has 11 heteroatoms. The highest BCUT2D eigenvalue weighted by molar-refractivity contribution is 6.05. The number of aryl methyl sites for hydroxylation is 1. The number of piperazine rings is 1. The van der Waals surface area contributed by atoms with Gasteiger partial charge in [0.25, 0.3) is 5.91 Å². The van der Waals surface area contributed by atoms with Gasteiger partial charge < -0.3 is 24.7 Å². The van der Waals surface area contributed by atoms with Crippen molar-refractivity contribution in [2.24, 2.45) is 0 Å². The van der Waals surface area contributed by atoms with Crippen LogP contribution in [0.15, 0.2) is 24.7 Å². The van der Waals surface area contributed by atoms with Gasteiger partial charge in [0, 0.05) is 70.0 Å². The summed E-state index contributed by atoms with van der Waals surface area (Å²) in [5.74, 6) is -0.231. The minimum atomic E-state index is -0.519. The first-order chi connectivity index (χ1) is 16.0. The second-order valence-corrected chi connectivity index (χ2v) is 8.30. The summed E-state index contributed by atoms with van der Waals surface area (Å²) in [6.07, 6.45) is 4.78. The highest BCUT2D eigenvalue weighted by Crippen LogP contribution is 2.23. The van der Waals surface area contributed by atoms with Crippen molar-refractivity contribution >= 4 is 23.2 Å². The highest BCUT2D eigenvalue weighted by Gasteiger charge is 2.29. The molecule has 2 aliphatic heterocycles. The first-order valence-electron chi connectivity index (χ1n) is 11.2. The molecule has 5 heterocycles. The SMILES string of the molecule is CCOc1nc(N2CCN(C3CNC3)CC2)ncc1C(=O)Nc1cc(F)c2nc(C)cn2c1. The zero-order valence-electron chi connectivity index (χ0n) is 18.7. The lowest BCUT2D eigenvalue weighted by molar-refractivity contribution is 0.102. The molecule has 0 unspecified atom stereocenters. The number of halogens is 1. The summed E-state index contributed by atoms with van der Waals surface area (Å²) in [4.78, 5) is 30.7. The van der Waals surface area contributed by atoms with E-state index in [2.05, 4.69) is 35.4 Å². The lowest BCUT2D eigenvalue weighted by atomic mass is 10.1. The molecular weight excluding hydrogens is 427 g/mol. The first kappa shape index (κ1) is 21.5. The molecule has 0 aromatic carbocycles. The van der Waals surface area contributed by atoms with Gasteiger partial charge in [0.2, 0.25) is 11.8 Å². The van der Waals surface area contributed by atoms with Gasteiger partial charge in [-0.15, -0.1) is 0 Å². The molecule has 0 saturated carbocycles. The molecule has 2 N–H and O–H groups in total. The molecule has 174 valence electrons. The van der Waals surface area contributed by atoms with Gasteiger partial charge in [-0.1, -0.05) is 0 Å². The molecule has 33 heavy (non-hydrogen) atoms. The predicted molar refractivity (Wildman–Crippen MR) is 121 cm³/mol. The number of fused-ring (bicyclic) bond motifs is 1. The second-order valence-electron chi connectivity index (χ2n) is 8.30. The molecule has 0 atom stereocenters. The minimum absolute atomic E-state index is 0.196. The summed E-state index contributed by atoms with van der Waals surface area (Å²) in [7, 11) is 0. The van der Waals surface area contributed by atoms with Crippen molar-refractivity contribution in [3.63, 3.8) is 0 Å². The van der Waals surface area contributed by atoms with Crippen LogP contribution < -0.4 is 20.3 Å². The number of anilines is 2. The van der Waals surface area contributed by atoms with E-state index < -0.39 is 11.7 Å². The van der Waals surface area contributed by atoms with E-state index in [0.29, 0.717) is 30.0 Å². The number of nitrogens with one attached hydrogen (secondary N) is 2. The Balaban J connectivity index is 1.33. The number of aromatic nitrogens is 4. The van der Waals surface area contributed by atoms with E-state index in [9.17, 15) is 9.18 Å². The lowest BCUT2D eigenvalue weighted by Gasteiger charge is -2.43. The number of carbonyl (C=O) groups is 1. The Kier molecular flexibility index (Phi) is 5.81. The molecule has 0 bridgehead atoms. The van der Waals surface area contributed by atoms with Crippen molar-refractivity contribution in [3.05, 3.63) is 41.7 Å². The average molecular weight is 455 g/mol. The van der Waals surface area contributed by atoms with Crippen molar-refractivity contribution in [1.29, 1.82) is 0 Å². The zero-order valence-corrected chi connectivity index (χ0v) is 18.7. The third-order valence-corrected chi connectivity index (χ3v) is 6.02. The van der Waals surface area contributed by atoms with Gasteiger partial charge in [0.05, 0.1) is 18.0 Å². The number of hydrogen-bond acceptors (Lipinski definition) is 8. The predicted octanol–water partition coefficient (Wildman–Crippen LogP) is 1.32. The number of rotatable bonds is 6. The molecule has 3 aromatic rings. The quantitative estimate of drug-likeness (QED) is 0.575. The smallest absolute Gasteiger partial charge is 0.262 e. The zero-order chi connectivity index (χ0) is 22.9. The molecule has 3 aromatic heterocycles. The van der Waals surface area contributed by atoms with Crippen molar-refractivity contribution in [3.8, 4) is 5.88 Å². The van der Waals surface area contributed by atoms with Crippen molar-refractivity contribution in [2.45, 2.75) is 19.9 Å². The minimum Gasteiger partial charge on any atom is -0.477 e. The average Bonchev–Trinajstić information content (AvgIpc) is 3.14. The van der Waals surface area contributed by atoms with E-state index in [1.165, 1.54) is 12.3 Å². The number of nitrogens with zero attached hydrogens (tertiary/aromatic N) is 6. The Labute approximate surface area is 190 Å². The van der Waals surface area contributed by atoms with Crippen LogP contribution in [-0.4, -0.2) is 82.1 Å². The summed E-state index contributed by atoms with van der Waals surface area (Å²) in [5.41, 5.74) is 1.39. The number of carbonyl (C=O) groups excluding carboxylic acids is 1. The van der Waals surface area contributed by atoms with Crippen LogP contribution >= 0.6 is 0 Å². The van der Waals surface area contributed by atoms with Gasteiger partial charge in [-0.2, -0.15) is 4.98 Å². The number of ether oxygens (including phenoxy) is 1. The number of pyridine rings is 1. The summed E-state index contributed by atoms with van der Waals surface area (Å²) >= 11 is 0. The third kappa shape index (κ3) is 4.33. The molecule has 0 aliphatic carbocycles. The summed E-state index contributed by atoms with van der Waals surface area (Å²) in [6, 6.07) is 1.86. The molecule has 2 saturated heterocycles. The molecule has 0 radical (unpaired) electrons. The fraction of sp³-hybridized carbons (Fsp3) is 0.455. The molecule has 5 rings (SSSR count). The maximum atomic E-state index is 14.4. The van der Waals surface area contributed by atoms with Crippen LogP contribution in [0, 0.1) is 12.7 Å². The third-order valence-electron chi connectivity index (χ3n) is 6.02. The van der Waals surface area contributed by atoms with Gasteiger partial charge in [0.1, 0.15) is 5.56 Å². The Morgan fingerprint density at radius 2 is 2.03 bits per heavy atom. The number of amides is 1. The van der Waals surface area contributed by atoms with Crippen LogP contribution in [0.5, 0.6) is 5.88 Å². The van der Waals surface area contributed by atoms with E-state index in [1.54, 1.807) is 23.7 Å². The van der Waals surface area contributed by atoms with Crippen molar-refractivity contribution < 1.29 is 13.9 Å². The van der Waals surface area contributed by atoms with Gasteiger partial charge in [0.15, 0.2) is 11.5 Å². The van der Waals surface area contributed by atoms with Crippen LogP contribution in [0.25, 0.3) is 5.65 Å². The van der Waals surface area contributed by atoms with E-state index in [0.717, 1.165) is 39.3 Å². The van der Waals surface area contributed by atoms with E-state index in [-0.39, 0.29) is 17.1 Å². The highest BCUT2D eigenvalue weighted by atomic mass is 19.1. The molecular formula is C22H27FN8O2. The molecule has 1 amide bonds. The van der Waals surface area contributed by atoms with Crippen LogP contribution in [0.3, 0.4) is 0 Å². The van der Waals surface area contributed by atoms with Crippen molar-refractivity contribution in [2.75, 3.05) is 56.1 Å². The van der Waals surface area contributed by atoms with Crippen LogP contribution in [0.4, 0.5) is 16.0 Å². The van der Waals surface area contributed by atoms with Gasteiger partial charge in [-0.05, 0) is 13.8 Å². The van der Waals surface area contributed by atoms with Gasteiger partial charge in [-0.3, -0.25) is 9.69 Å². The fourth-order valence-electron chi connectivity index (χ4n) is 4.18. The molecule has 10 nitrogen and oxygen atoms in total. The Hall–Kier alpha value is -3.31. The second kappa shape index (κ2) is 8.91. The van der Waals surface area contributed by atoms with Crippen LogP contribution in [-0.2, 0) is 0 Å². The maximum Gasteiger partial charge on any atom is 0.262 e.